The van der Waals surface area contributed by atoms with Crippen LogP contribution in [-0.2, 0) is 16.0 Å². The summed E-state index contributed by atoms with van der Waals surface area (Å²) in [5.41, 5.74) is 1.21. The zero-order valence-electron chi connectivity index (χ0n) is 10.9. The number of carbonyl (C=O) groups is 1. The molecule has 1 amide bonds. The Morgan fingerprint density at radius 1 is 1.44 bits per heavy atom. The van der Waals surface area contributed by atoms with E-state index in [-0.39, 0.29) is 17.9 Å². The van der Waals surface area contributed by atoms with E-state index in [1.54, 1.807) is 0 Å². The Bertz CT molecular complexity index is 371. The second-order valence-electron chi connectivity index (χ2n) is 4.97. The quantitative estimate of drug-likeness (QED) is 0.866. The van der Waals surface area contributed by atoms with Crippen LogP contribution in [0.25, 0.3) is 0 Å². The Labute approximate surface area is 109 Å². The van der Waals surface area contributed by atoms with E-state index in [0.717, 1.165) is 25.9 Å². The third-order valence-corrected chi connectivity index (χ3v) is 3.36. The number of benzene rings is 1. The highest BCUT2D eigenvalue weighted by molar-refractivity contribution is 5.78. The highest BCUT2D eigenvalue weighted by Crippen LogP contribution is 2.12. The van der Waals surface area contributed by atoms with Gasteiger partial charge < -0.3 is 10.1 Å². The molecule has 2 atom stereocenters. The van der Waals surface area contributed by atoms with E-state index in [0.29, 0.717) is 6.54 Å². The van der Waals surface area contributed by atoms with E-state index in [1.807, 2.05) is 25.1 Å². The lowest BCUT2D eigenvalue weighted by Gasteiger charge is -2.15. The van der Waals surface area contributed by atoms with E-state index >= 15 is 0 Å². The minimum absolute atomic E-state index is 0.00815. The summed E-state index contributed by atoms with van der Waals surface area (Å²) in [5, 5.41) is 2.98. The van der Waals surface area contributed by atoms with Gasteiger partial charge in [-0.2, -0.15) is 0 Å². The lowest BCUT2D eigenvalue weighted by atomic mass is 10.0. The van der Waals surface area contributed by atoms with Gasteiger partial charge in [-0.05, 0) is 24.8 Å². The van der Waals surface area contributed by atoms with Crippen LogP contribution in [0.5, 0.6) is 0 Å². The minimum atomic E-state index is 0.00815. The Kier molecular flexibility index (Phi) is 4.76. The molecule has 3 nitrogen and oxygen atoms in total. The third-order valence-electron chi connectivity index (χ3n) is 3.36. The molecule has 2 unspecified atom stereocenters. The highest BCUT2D eigenvalue weighted by atomic mass is 16.5. The molecule has 0 aliphatic carbocycles. The normalized spacial score (nSPS) is 20.6. The smallest absolute Gasteiger partial charge is 0.223 e. The van der Waals surface area contributed by atoms with Crippen molar-refractivity contribution in [3.05, 3.63) is 35.9 Å². The zero-order valence-corrected chi connectivity index (χ0v) is 10.9. The van der Waals surface area contributed by atoms with Crippen molar-refractivity contribution in [2.75, 3.05) is 13.2 Å². The van der Waals surface area contributed by atoms with Gasteiger partial charge in [-0.1, -0.05) is 37.3 Å². The third kappa shape index (κ3) is 3.84. The van der Waals surface area contributed by atoms with Crippen molar-refractivity contribution in [1.82, 2.24) is 5.32 Å². The lowest BCUT2D eigenvalue weighted by Crippen LogP contribution is -2.35. The van der Waals surface area contributed by atoms with Crippen LogP contribution in [0.4, 0.5) is 0 Å². The van der Waals surface area contributed by atoms with Crippen molar-refractivity contribution < 1.29 is 9.53 Å². The number of nitrogens with one attached hydrogen (secondary N) is 1. The summed E-state index contributed by atoms with van der Waals surface area (Å²) in [4.78, 5) is 11.9. The maximum atomic E-state index is 11.9. The molecule has 2 rings (SSSR count). The maximum Gasteiger partial charge on any atom is 0.223 e. The Hall–Kier alpha value is -1.35. The molecule has 1 aromatic rings. The standard InChI is InChI=1S/C15H21NO2/c1-12(10-13-6-3-2-4-7-13)15(17)16-11-14-8-5-9-18-14/h2-4,6-7,12,14H,5,8-11H2,1H3,(H,16,17). The van der Waals surface area contributed by atoms with E-state index in [9.17, 15) is 4.79 Å². The molecule has 0 spiro atoms. The van der Waals surface area contributed by atoms with Crippen LogP contribution in [0.2, 0.25) is 0 Å². The number of hydrogen-bond donors (Lipinski definition) is 1. The number of rotatable bonds is 5. The molecule has 1 aromatic carbocycles. The van der Waals surface area contributed by atoms with Gasteiger partial charge in [-0.3, -0.25) is 4.79 Å². The SMILES string of the molecule is CC(Cc1ccccc1)C(=O)NCC1CCCO1. The zero-order chi connectivity index (χ0) is 12.8. The van der Waals surface area contributed by atoms with Crippen LogP contribution in [0.3, 0.4) is 0 Å². The van der Waals surface area contributed by atoms with Gasteiger partial charge in [0.15, 0.2) is 0 Å². The molecule has 1 aliphatic heterocycles. The summed E-state index contributed by atoms with van der Waals surface area (Å²) >= 11 is 0. The van der Waals surface area contributed by atoms with Crippen LogP contribution < -0.4 is 5.32 Å². The molecule has 3 heteroatoms. The van der Waals surface area contributed by atoms with Gasteiger partial charge in [0, 0.05) is 19.1 Å². The summed E-state index contributed by atoms with van der Waals surface area (Å²) < 4.78 is 5.49. The van der Waals surface area contributed by atoms with Crippen LogP contribution >= 0.6 is 0 Å². The van der Waals surface area contributed by atoms with Crippen molar-refractivity contribution >= 4 is 5.91 Å². The van der Waals surface area contributed by atoms with E-state index in [4.69, 9.17) is 4.74 Å². The maximum absolute atomic E-state index is 11.9. The lowest BCUT2D eigenvalue weighted by molar-refractivity contribution is -0.124. The van der Waals surface area contributed by atoms with Crippen molar-refractivity contribution in [1.29, 1.82) is 0 Å². The van der Waals surface area contributed by atoms with E-state index in [1.165, 1.54) is 5.56 Å². The van der Waals surface area contributed by atoms with E-state index in [2.05, 4.69) is 17.4 Å². The van der Waals surface area contributed by atoms with Crippen LogP contribution in [-0.4, -0.2) is 25.2 Å². The number of carbonyl (C=O) groups excluding carboxylic acids is 1. The van der Waals surface area contributed by atoms with Gasteiger partial charge >= 0.3 is 0 Å². The second-order valence-corrected chi connectivity index (χ2v) is 4.97. The van der Waals surface area contributed by atoms with Gasteiger partial charge in [0.25, 0.3) is 0 Å². The molecule has 0 radical (unpaired) electrons. The molecular formula is C15H21NO2. The first-order chi connectivity index (χ1) is 8.75. The van der Waals surface area contributed by atoms with Gasteiger partial charge in [0.05, 0.1) is 6.10 Å². The van der Waals surface area contributed by atoms with Gasteiger partial charge in [-0.25, -0.2) is 0 Å². The monoisotopic (exact) mass is 247 g/mol. The van der Waals surface area contributed by atoms with Crippen LogP contribution in [0, 0.1) is 5.92 Å². The first-order valence-corrected chi connectivity index (χ1v) is 6.69. The molecule has 0 saturated carbocycles. The highest BCUT2D eigenvalue weighted by Gasteiger charge is 2.18. The van der Waals surface area contributed by atoms with Crippen molar-refractivity contribution in [2.24, 2.45) is 5.92 Å². The Balaban J connectivity index is 1.74. The fourth-order valence-corrected chi connectivity index (χ4v) is 2.25. The van der Waals surface area contributed by atoms with Crippen LogP contribution in [0.15, 0.2) is 30.3 Å². The molecule has 98 valence electrons. The molecule has 1 saturated heterocycles. The summed E-state index contributed by atoms with van der Waals surface area (Å²) in [6.45, 7) is 3.45. The number of hydrogen-bond acceptors (Lipinski definition) is 2. The van der Waals surface area contributed by atoms with Gasteiger partial charge in [0.1, 0.15) is 0 Å². The number of ether oxygens (including phenoxy) is 1. The van der Waals surface area contributed by atoms with Crippen molar-refractivity contribution in [3.63, 3.8) is 0 Å². The van der Waals surface area contributed by atoms with Gasteiger partial charge in [-0.15, -0.1) is 0 Å². The van der Waals surface area contributed by atoms with Gasteiger partial charge in [0.2, 0.25) is 5.91 Å². The van der Waals surface area contributed by atoms with Crippen molar-refractivity contribution in [3.8, 4) is 0 Å². The predicted molar refractivity (Wildman–Crippen MR) is 71.3 cm³/mol. The molecule has 1 N–H and O–H groups in total. The summed E-state index contributed by atoms with van der Waals surface area (Å²) in [6, 6.07) is 10.1. The minimum Gasteiger partial charge on any atom is -0.376 e. The Morgan fingerprint density at radius 3 is 2.89 bits per heavy atom. The molecular weight excluding hydrogens is 226 g/mol. The van der Waals surface area contributed by atoms with Crippen molar-refractivity contribution in [2.45, 2.75) is 32.3 Å². The fraction of sp³-hybridized carbons (Fsp3) is 0.533. The van der Waals surface area contributed by atoms with E-state index < -0.39 is 0 Å². The first kappa shape index (κ1) is 13.1. The Morgan fingerprint density at radius 2 is 2.22 bits per heavy atom. The fourth-order valence-electron chi connectivity index (χ4n) is 2.25. The summed E-state index contributed by atoms with van der Waals surface area (Å²) in [7, 11) is 0. The average Bonchev–Trinajstić information content (AvgIpc) is 2.90. The molecule has 0 bridgehead atoms. The largest absolute Gasteiger partial charge is 0.376 e. The summed E-state index contributed by atoms with van der Waals surface area (Å²) in [6.07, 6.45) is 3.18. The molecule has 0 aromatic heterocycles. The predicted octanol–water partition coefficient (Wildman–Crippen LogP) is 2.16. The number of amides is 1. The molecule has 1 fully saturated rings. The van der Waals surface area contributed by atoms with Crippen LogP contribution in [0.1, 0.15) is 25.3 Å². The topological polar surface area (TPSA) is 38.3 Å². The average molecular weight is 247 g/mol. The molecule has 18 heavy (non-hydrogen) atoms. The first-order valence-electron chi connectivity index (χ1n) is 6.69. The summed E-state index contributed by atoms with van der Waals surface area (Å²) in [5.74, 6) is 0.128. The second kappa shape index (κ2) is 6.55. The molecule has 1 aliphatic rings. The molecule has 1 heterocycles.